The Bertz CT molecular complexity index is 528. The van der Waals surface area contributed by atoms with Gasteiger partial charge in [-0.2, -0.15) is 0 Å². The highest BCUT2D eigenvalue weighted by molar-refractivity contribution is 6.30. The summed E-state index contributed by atoms with van der Waals surface area (Å²) in [5.41, 5.74) is 7.01. The predicted octanol–water partition coefficient (Wildman–Crippen LogP) is 2.36. The minimum absolute atomic E-state index is 0.235. The van der Waals surface area contributed by atoms with E-state index in [4.69, 9.17) is 22.1 Å². The number of guanidine groups is 1. The molecule has 2 atom stereocenters. The zero-order valence-corrected chi connectivity index (χ0v) is 12.4. The van der Waals surface area contributed by atoms with Crippen molar-refractivity contribution in [3.63, 3.8) is 0 Å². The van der Waals surface area contributed by atoms with Crippen LogP contribution in [0.3, 0.4) is 0 Å². The quantitative estimate of drug-likeness (QED) is 0.931. The van der Waals surface area contributed by atoms with Gasteiger partial charge in [-0.15, -0.1) is 0 Å². The van der Waals surface area contributed by atoms with Gasteiger partial charge in [0.05, 0.1) is 18.2 Å². The van der Waals surface area contributed by atoms with Gasteiger partial charge >= 0.3 is 0 Å². The van der Waals surface area contributed by atoms with Gasteiger partial charge in [0.15, 0.2) is 5.96 Å². The Balaban J connectivity index is 1.86. The number of nitrogens with two attached hydrogens (primary N) is 1. The SMILES string of the molecule is CC1(c2cccc(Cl)c2)CN=C(N)N1CC1CCCO1. The molecular weight excluding hydrogens is 274 g/mol. The first kappa shape index (κ1) is 13.7. The third-order valence-corrected chi connectivity index (χ3v) is 4.51. The van der Waals surface area contributed by atoms with Crippen molar-refractivity contribution in [1.82, 2.24) is 4.90 Å². The van der Waals surface area contributed by atoms with Gasteiger partial charge in [-0.25, -0.2) is 0 Å². The first-order valence-corrected chi connectivity index (χ1v) is 7.42. The Hall–Kier alpha value is -1.26. The lowest BCUT2D eigenvalue weighted by molar-refractivity contribution is 0.0690. The van der Waals surface area contributed by atoms with Gasteiger partial charge < -0.3 is 15.4 Å². The predicted molar refractivity (Wildman–Crippen MR) is 81.0 cm³/mol. The Labute approximate surface area is 124 Å². The monoisotopic (exact) mass is 293 g/mol. The van der Waals surface area contributed by atoms with Crippen molar-refractivity contribution in [3.05, 3.63) is 34.9 Å². The fraction of sp³-hybridized carbons (Fsp3) is 0.533. The van der Waals surface area contributed by atoms with Crippen molar-refractivity contribution >= 4 is 17.6 Å². The van der Waals surface area contributed by atoms with E-state index < -0.39 is 0 Å². The Morgan fingerprint density at radius 3 is 3.10 bits per heavy atom. The molecule has 0 amide bonds. The van der Waals surface area contributed by atoms with Crippen LogP contribution in [0.4, 0.5) is 0 Å². The molecule has 1 fully saturated rings. The molecule has 2 heterocycles. The Kier molecular flexibility index (Phi) is 3.61. The summed E-state index contributed by atoms with van der Waals surface area (Å²) in [5, 5.41) is 0.742. The molecule has 0 radical (unpaired) electrons. The zero-order valence-electron chi connectivity index (χ0n) is 11.7. The number of aliphatic imine (C=N–C) groups is 1. The molecule has 0 saturated carbocycles. The largest absolute Gasteiger partial charge is 0.376 e. The second-order valence-electron chi connectivity index (χ2n) is 5.70. The number of hydrogen-bond donors (Lipinski definition) is 1. The van der Waals surface area contributed by atoms with Crippen LogP contribution in [0, 0.1) is 0 Å². The molecular formula is C15H20ClN3O. The molecule has 3 rings (SSSR count). The molecule has 1 aromatic rings. The van der Waals surface area contributed by atoms with Crippen LogP contribution in [-0.2, 0) is 10.3 Å². The van der Waals surface area contributed by atoms with Crippen LogP contribution >= 0.6 is 11.6 Å². The van der Waals surface area contributed by atoms with Gasteiger partial charge in [0, 0.05) is 18.2 Å². The molecule has 2 aliphatic heterocycles. The summed E-state index contributed by atoms with van der Waals surface area (Å²) in [5.74, 6) is 0.600. The smallest absolute Gasteiger partial charge is 0.192 e. The lowest BCUT2D eigenvalue weighted by atomic mass is 9.90. The highest BCUT2D eigenvalue weighted by atomic mass is 35.5. The molecule has 0 spiro atoms. The minimum atomic E-state index is -0.235. The maximum Gasteiger partial charge on any atom is 0.192 e. The van der Waals surface area contributed by atoms with Gasteiger partial charge in [0.25, 0.3) is 0 Å². The van der Waals surface area contributed by atoms with Crippen LogP contribution in [0.2, 0.25) is 5.02 Å². The molecule has 2 N–H and O–H groups in total. The van der Waals surface area contributed by atoms with E-state index in [1.807, 2.05) is 18.2 Å². The summed E-state index contributed by atoms with van der Waals surface area (Å²) in [4.78, 5) is 6.60. The second kappa shape index (κ2) is 5.26. The highest BCUT2D eigenvalue weighted by Gasteiger charge is 2.41. The van der Waals surface area contributed by atoms with Crippen LogP contribution in [0.1, 0.15) is 25.3 Å². The van der Waals surface area contributed by atoms with Gasteiger partial charge in [0.2, 0.25) is 0 Å². The van der Waals surface area contributed by atoms with Crippen molar-refractivity contribution in [2.45, 2.75) is 31.4 Å². The van der Waals surface area contributed by atoms with Gasteiger partial charge in [-0.05, 0) is 37.5 Å². The van der Waals surface area contributed by atoms with E-state index in [0.717, 1.165) is 36.6 Å². The van der Waals surface area contributed by atoms with Crippen LogP contribution in [-0.4, -0.2) is 36.7 Å². The van der Waals surface area contributed by atoms with Crippen molar-refractivity contribution in [2.24, 2.45) is 10.7 Å². The van der Waals surface area contributed by atoms with E-state index in [0.29, 0.717) is 12.5 Å². The first-order chi connectivity index (χ1) is 9.59. The molecule has 0 aliphatic carbocycles. The van der Waals surface area contributed by atoms with Crippen LogP contribution < -0.4 is 5.73 Å². The fourth-order valence-corrected chi connectivity index (χ4v) is 3.21. The maximum atomic E-state index is 6.13. The third-order valence-electron chi connectivity index (χ3n) is 4.28. The van der Waals surface area contributed by atoms with E-state index in [9.17, 15) is 0 Å². The fourth-order valence-electron chi connectivity index (χ4n) is 3.02. The normalized spacial score (nSPS) is 29.8. The van der Waals surface area contributed by atoms with E-state index >= 15 is 0 Å². The highest BCUT2D eigenvalue weighted by Crippen LogP contribution is 2.34. The third kappa shape index (κ3) is 2.38. The molecule has 1 aromatic carbocycles. The number of benzene rings is 1. The van der Waals surface area contributed by atoms with Gasteiger partial charge in [-0.3, -0.25) is 4.99 Å². The molecule has 20 heavy (non-hydrogen) atoms. The molecule has 0 bridgehead atoms. The average molecular weight is 294 g/mol. The second-order valence-corrected chi connectivity index (χ2v) is 6.14. The lowest BCUT2D eigenvalue weighted by Gasteiger charge is -2.38. The lowest BCUT2D eigenvalue weighted by Crippen LogP contribution is -2.50. The molecule has 2 unspecified atom stereocenters. The van der Waals surface area contributed by atoms with E-state index in [2.05, 4.69) is 22.9 Å². The van der Waals surface area contributed by atoms with Crippen LogP contribution in [0.15, 0.2) is 29.3 Å². The number of halogens is 1. The molecule has 5 heteroatoms. The standard InChI is InChI=1S/C15H20ClN3O/c1-15(11-4-2-5-12(16)8-11)10-18-14(17)19(15)9-13-6-3-7-20-13/h2,4-5,8,13H,3,6-7,9-10H2,1H3,(H2,17,18). The van der Waals surface area contributed by atoms with Crippen molar-refractivity contribution in [1.29, 1.82) is 0 Å². The zero-order chi connectivity index (χ0) is 14.2. The number of hydrogen-bond acceptors (Lipinski definition) is 4. The Morgan fingerprint density at radius 2 is 2.40 bits per heavy atom. The Morgan fingerprint density at radius 1 is 1.55 bits per heavy atom. The molecule has 0 aromatic heterocycles. The summed E-state index contributed by atoms with van der Waals surface area (Å²) in [6, 6.07) is 7.94. The van der Waals surface area contributed by atoms with E-state index in [1.54, 1.807) is 0 Å². The van der Waals surface area contributed by atoms with Crippen LogP contribution in [0.5, 0.6) is 0 Å². The van der Waals surface area contributed by atoms with Crippen molar-refractivity contribution in [3.8, 4) is 0 Å². The first-order valence-electron chi connectivity index (χ1n) is 7.05. The number of ether oxygens (including phenoxy) is 1. The average Bonchev–Trinajstić information content (AvgIpc) is 3.03. The van der Waals surface area contributed by atoms with E-state index in [1.165, 1.54) is 0 Å². The number of rotatable bonds is 3. The van der Waals surface area contributed by atoms with Gasteiger partial charge in [-0.1, -0.05) is 23.7 Å². The minimum Gasteiger partial charge on any atom is -0.376 e. The maximum absolute atomic E-state index is 6.13. The molecule has 108 valence electrons. The number of nitrogens with zero attached hydrogens (tertiary/aromatic N) is 2. The molecule has 4 nitrogen and oxygen atoms in total. The summed E-state index contributed by atoms with van der Waals surface area (Å²) < 4.78 is 5.74. The molecule has 1 saturated heterocycles. The topological polar surface area (TPSA) is 50.8 Å². The summed E-state index contributed by atoms with van der Waals surface area (Å²) in [7, 11) is 0. The summed E-state index contributed by atoms with van der Waals surface area (Å²) >= 11 is 6.13. The van der Waals surface area contributed by atoms with Crippen molar-refractivity contribution in [2.75, 3.05) is 19.7 Å². The van der Waals surface area contributed by atoms with Gasteiger partial charge in [0.1, 0.15) is 0 Å². The summed E-state index contributed by atoms with van der Waals surface area (Å²) in [6.07, 6.45) is 2.47. The van der Waals surface area contributed by atoms with E-state index in [-0.39, 0.29) is 11.6 Å². The summed E-state index contributed by atoms with van der Waals surface area (Å²) in [6.45, 7) is 4.46. The van der Waals surface area contributed by atoms with Crippen LogP contribution in [0.25, 0.3) is 0 Å². The molecule has 2 aliphatic rings. The van der Waals surface area contributed by atoms with Crippen molar-refractivity contribution < 1.29 is 4.74 Å².